The second-order valence-corrected chi connectivity index (χ2v) is 4.75. The summed E-state index contributed by atoms with van der Waals surface area (Å²) in [7, 11) is 4.78. The summed E-state index contributed by atoms with van der Waals surface area (Å²) < 4.78 is 29.0. The lowest BCUT2D eigenvalue weighted by molar-refractivity contribution is 0.354. The molecule has 0 unspecified atom stereocenters. The Morgan fingerprint density at radius 1 is 0.818 bits per heavy atom. The van der Waals surface area contributed by atoms with Crippen molar-refractivity contribution in [1.82, 2.24) is 5.32 Å². The highest BCUT2D eigenvalue weighted by Gasteiger charge is 2.06. The fourth-order valence-corrected chi connectivity index (χ4v) is 2.22. The van der Waals surface area contributed by atoms with Gasteiger partial charge in [0.2, 0.25) is 0 Å². The third-order valence-corrected chi connectivity index (χ3v) is 3.33. The summed E-state index contributed by atoms with van der Waals surface area (Å²) in [4.78, 5) is 0. The van der Waals surface area contributed by atoms with Crippen LogP contribution in [-0.2, 0) is 13.1 Å². The normalized spacial score (nSPS) is 10.4. The van der Waals surface area contributed by atoms with Gasteiger partial charge < -0.3 is 19.5 Å². The zero-order valence-corrected chi connectivity index (χ0v) is 13.0. The van der Waals surface area contributed by atoms with Crippen LogP contribution in [0.25, 0.3) is 0 Å². The number of halogens is 1. The maximum atomic E-state index is 13.3. The van der Waals surface area contributed by atoms with E-state index in [1.807, 2.05) is 18.2 Å². The van der Waals surface area contributed by atoms with Crippen LogP contribution in [0.4, 0.5) is 4.39 Å². The minimum atomic E-state index is -0.274. The van der Waals surface area contributed by atoms with Gasteiger partial charge in [0.1, 0.15) is 11.6 Å². The first kappa shape index (κ1) is 16.1. The predicted octanol–water partition coefficient (Wildman–Crippen LogP) is 3.14. The predicted molar refractivity (Wildman–Crippen MR) is 83.0 cm³/mol. The first-order valence-corrected chi connectivity index (χ1v) is 6.92. The Bertz CT molecular complexity index is 631. The summed E-state index contributed by atoms with van der Waals surface area (Å²) in [5.74, 6) is 1.77. The number of hydrogen-bond donors (Lipinski definition) is 1. The van der Waals surface area contributed by atoms with Crippen molar-refractivity contribution >= 4 is 0 Å². The molecule has 0 saturated heterocycles. The maximum Gasteiger partial charge on any atom is 0.161 e. The van der Waals surface area contributed by atoms with Crippen molar-refractivity contribution in [3.63, 3.8) is 0 Å². The largest absolute Gasteiger partial charge is 0.496 e. The van der Waals surface area contributed by atoms with Crippen molar-refractivity contribution in [1.29, 1.82) is 0 Å². The first-order valence-electron chi connectivity index (χ1n) is 6.92. The quantitative estimate of drug-likeness (QED) is 0.853. The molecule has 0 aromatic heterocycles. The van der Waals surface area contributed by atoms with Gasteiger partial charge in [0, 0.05) is 18.7 Å². The van der Waals surface area contributed by atoms with Crippen molar-refractivity contribution in [2.24, 2.45) is 0 Å². The van der Waals surface area contributed by atoms with Crippen LogP contribution < -0.4 is 19.5 Å². The van der Waals surface area contributed by atoms with Gasteiger partial charge in [-0.25, -0.2) is 4.39 Å². The van der Waals surface area contributed by atoms with E-state index in [0.29, 0.717) is 30.3 Å². The average Bonchev–Trinajstić information content (AvgIpc) is 2.55. The van der Waals surface area contributed by atoms with Crippen molar-refractivity contribution in [2.75, 3.05) is 21.3 Å². The second kappa shape index (κ2) is 7.66. The van der Waals surface area contributed by atoms with Crippen LogP contribution in [0.15, 0.2) is 36.4 Å². The van der Waals surface area contributed by atoms with Crippen LogP contribution >= 0.6 is 0 Å². The lowest BCUT2D eigenvalue weighted by Crippen LogP contribution is -2.13. The molecule has 118 valence electrons. The molecule has 4 nitrogen and oxygen atoms in total. The third kappa shape index (κ3) is 3.89. The molecular weight excluding hydrogens is 285 g/mol. The Balaban J connectivity index is 2.01. The van der Waals surface area contributed by atoms with Crippen LogP contribution in [0.3, 0.4) is 0 Å². The number of methoxy groups -OCH3 is 3. The smallest absolute Gasteiger partial charge is 0.161 e. The average molecular weight is 305 g/mol. The maximum absolute atomic E-state index is 13.3. The van der Waals surface area contributed by atoms with Crippen LogP contribution in [0.5, 0.6) is 17.2 Å². The van der Waals surface area contributed by atoms with E-state index in [0.717, 1.165) is 11.1 Å². The SMILES string of the molecule is COc1ccc(F)cc1CNCc1ccc(OC)c(OC)c1. The Morgan fingerprint density at radius 2 is 1.50 bits per heavy atom. The third-order valence-electron chi connectivity index (χ3n) is 3.33. The van der Waals surface area contributed by atoms with E-state index in [-0.39, 0.29) is 5.82 Å². The summed E-state index contributed by atoms with van der Waals surface area (Å²) in [5.41, 5.74) is 1.83. The molecule has 0 aliphatic heterocycles. The summed E-state index contributed by atoms with van der Waals surface area (Å²) in [6.45, 7) is 1.13. The fourth-order valence-electron chi connectivity index (χ4n) is 2.22. The molecule has 2 aromatic rings. The van der Waals surface area contributed by atoms with Crippen molar-refractivity contribution in [3.8, 4) is 17.2 Å². The van der Waals surface area contributed by atoms with Gasteiger partial charge in [0.25, 0.3) is 0 Å². The summed E-state index contributed by atoms with van der Waals surface area (Å²) in [5, 5.41) is 3.27. The molecular formula is C17H20FNO3. The lowest BCUT2D eigenvalue weighted by Gasteiger charge is -2.12. The van der Waals surface area contributed by atoms with E-state index < -0.39 is 0 Å². The molecule has 2 aromatic carbocycles. The standard InChI is InChI=1S/C17H20FNO3/c1-20-15-7-5-14(18)9-13(15)11-19-10-12-4-6-16(21-2)17(8-12)22-3/h4-9,19H,10-11H2,1-3H3. The van der Waals surface area contributed by atoms with Crippen LogP contribution in [0, 0.1) is 5.82 Å². The van der Waals surface area contributed by atoms with Crippen molar-refractivity contribution < 1.29 is 18.6 Å². The number of rotatable bonds is 7. The van der Waals surface area contributed by atoms with Gasteiger partial charge in [0.05, 0.1) is 21.3 Å². The highest BCUT2D eigenvalue weighted by Crippen LogP contribution is 2.27. The molecule has 5 heteroatoms. The highest BCUT2D eigenvalue weighted by molar-refractivity contribution is 5.43. The van der Waals surface area contributed by atoms with E-state index >= 15 is 0 Å². The number of nitrogens with one attached hydrogen (secondary N) is 1. The minimum absolute atomic E-state index is 0.274. The highest BCUT2D eigenvalue weighted by atomic mass is 19.1. The molecule has 22 heavy (non-hydrogen) atoms. The molecule has 0 heterocycles. The topological polar surface area (TPSA) is 39.7 Å². The number of hydrogen-bond acceptors (Lipinski definition) is 4. The van der Waals surface area contributed by atoms with Crippen molar-refractivity contribution in [2.45, 2.75) is 13.1 Å². The second-order valence-electron chi connectivity index (χ2n) is 4.75. The van der Waals surface area contributed by atoms with Gasteiger partial charge in [-0.2, -0.15) is 0 Å². The van der Waals surface area contributed by atoms with E-state index in [4.69, 9.17) is 14.2 Å². The molecule has 0 saturated carbocycles. The van der Waals surface area contributed by atoms with Crippen LogP contribution in [0.2, 0.25) is 0 Å². The van der Waals surface area contributed by atoms with Crippen LogP contribution in [-0.4, -0.2) is 21.3 Å². The molecule has 0 spiro atoms. The molecule has 1 N–H and O–H groups in total. The molecule has 0 fully saturated rings. The lowest BCUT2D eigenvalue weighted by atomic mass is 10.1. The monoisotopic (exact) mass is 305 g/mol. The molecule has 0 bridgehead atoms. The molecule has 0 radical (unpaired) electrons. The van der Waals surface area contributed by atoms with Gasteiger partial charge in [-0.15, -0.1) is 0 Å². The zero-order valence-electron chi connectivity index (χ0n) is 13.0. The first-order chi connectivity index (χ1) is 10.7. The van der Waals surface area contributed by atoms with Crippen LogP contribution in [0.1, 0.15) is 11.1 Å². The summed E-state index contributed by atoms with van der Waals surface area (Å²) >= 11 is 0. The Hall–Kier alpha value is -2.27. The zero-order chi connectivity index (χ0) is 15.9. The van der Waals surface area contributed by atoms with E-state index in [2.05, 4.69) is 5.32 Å². The Labute approximate surface area is 129 Å². The summed E-state index contributed by atoms with van der Waals surface area (Å²) in [6, 6.07) is 10.2. The van der Waals surface area contributed by atoms with Gasteiger partial charge in [0.15, 0.2) is 11.5 Å². The fraction of sp³-hybridized carbons (Fsp3) is 0.294. The molecule has 0 amide bonds. The molecule has 0 aliphatic carbocycles. The van der Waals surface area contributed by atoms with Gasteiger partial charge in [-0.1, -0.05) is 6.07 Å². The Morgan fingerprint density at radius 3 is 2.18 bits per heavy atom. The summed E-state index contributed by atoms with van der Waals surface area (Å²) in [6.07, 6.45) is 0. The molecule has 0 aliphatic rings. The van der Waals surface area contributed by atoms with Gasteiger partial charge in [-0.3, -0.25) is 0 Å². The molecule has 2 rings (SSSR count). The molecule has 0 atom stereocenters. The van der Waals surface area contributed by atoms with Gasteiger partial charge >= 0.3 is 0 Å². The number of ether oxygens (including phenoxy) is 3. The minimum Gasteiger partial charge on any atom is -0.496 e. The number of benzene rings is 2. The Kier molecular flexibility index (Phi) is 5.61. The van der Waals surface area contributed by atoms with E-state index in [9.17, 15) is 4.39 Å². The van der Waals surface area contributed by atoms with E-state index in [1.54, 1.807) is 27.4 Å². The van der Waals surface area contributed by atoms with E-state index in [1.165, 1.54) is 12.1 Å². The van der Waals surface area contributed by atoms with Crippen molar-refractivity contribution in [3.05, 3.63) is 53.3 Å². The van der Waals surface area contributed by atoms with Gasteiger partial charge in [-0.05, 0) is 35.9 Å².